The van der Waals surface area contributed by atoms with Gasteiger partial charge in [-0.25, -0.2) is 0 Å². The third-order valence-electron chi connectivity index (χ3n) is 7.39. The van der Waals surface area contributed by atoms with Crippen molar-refractivity contribution in [2.45, 2.75) is 6.92 Å². The van der Waals surface area contributed by atoms with E-state index in [9.17, 15) is 13.7 Å². The number of hydrogen-bond acceptors (Lipinski definition) is 1. The Labute approximate surface area is 290 Å². The number of benzene rings is 8. The highest BCUT2D eigenvalue weighted by atomic mass is 16.3. The highest BCUT2D eigenvalue weighted by Crippen LogP contribution is 2.47. The van der Waals surface area contributed by atoms with Crippen molar-refractivity contribution in [3.63, 3.8) is 0 Å². The van der Waals surface area contributed by atoms with Gasteiger partial charge < -0.3 is 4.42 Å². The van der Waals surface area contributed by atoms with Crippen molar-refractivity contribution in [1.82, 2.24) is 0 Å². The van der Waals surface area contributed by atoms with Crippen LogP contribution in [0.5, 0.6) is 0 Å². The minimum Gasteiger partial charge on any atom is -0.456 e. The molecule has 0 spiro atoms. The molecule has 1 aromatic heterocycles. The van der Waals surface area contributed by atoms with Gasteiger partial charge in [0.2, 0.25) is 0 Å². The van der Waals surface area contributed by atoms with Gasteiger partial charge in [0, 0.05) is 10.8 Å². The standard InChI is InChI=1S/C43H28O/c1-27-12-2-3-13-29(27)42-35-17-6-8-19-37(35)43(38-20-9-7-18-36(38)42)39-25-24-30(31-14-4-5-15-32(31)39)28-22-23-34-33-16-10-11-21-40(33)44-41(34)26-28/h2-26H,1H3/i2D,3D,4D,5D,6D,7D,8D,9D,10D,11D,12D,13D,14D,15D,16D,17D,18D,19D,20D,21D,22D,23D,24D,25D,26D. The van der Waals surface area contributed by atoms with Crippen LogP contribution in [0.1, 0.15) is 39.8 Å². The predicted molar refractivity (Wildman–Crippen MR) is 187 cm³/mol. The molecule has 206 valence electrons. The summed E-state index contributed by atoms with van der Waals surface area (Å²) in [5.74, 6) is 0. The molecule has 9 aromatic rings. The van der Waals surface area contributed by atoms with Crippen molar-refractivity contribution in [3.05, 3.63) is 157 Å². The van der Waals surface area contributed by atoms with Crippen LogP contribution in [-0.4, -0.2) is 0 Å². The fraction of sp³-hybridized carbons (Fsp3) is 0.0233. The second kappa shape index (κ2) is 9.69. The molecule has 0 fully saturated rings. The summed E-state index contributed by atoms with van der Waals surface area (Å²) in [4.78, 5) is 0. The molecule has 0 aliphatic rings. The number of fused-ring (bicyclic) bond motifs is 6. The van der Waals surface area contributed by atoms with E-state index in [1.165, 1.54) is 6.92 Å². The molecule has 0 saturated carbocycles. The zero-order chi connectivity index (χ0) is 51.0. The highest BCUT2D eigenvalue weighted by Gasteiger charge is 2.19. The molecular formula is C43H28O. The van der Waals surface area contributed by atoms with E-state index in [2.05, 4.69) is 0 Å². The summed E-state index contributed by atoms with van der Waals surface area (Å²) < 4.78 is 230. The van der Waals surface area contributed by atoms with E-state index >= 15 is 0 Å². The van der Waals surface area contributed by atoms with Crippen LogP contribution in [0.25, 0.3) is 87.6 Å². The molecule has 0 aliphatic carbocycles. The van der Waals surface area contributed by atoms with Crippen LogP contribution in [0.15, 0.2) is 155 Å². The maximum atomic E-state index is 9.79. The summed E-state index contributed by atoms with van der Waals surface area (Å²) in [6, 6.07) is -21.3. The Morgan fingerprint density at radius 2 is 0.864 bits per heavy atom. The minimum atomic E-state index is -1.04. The van der Waals surface area contributed by atoms with E-state index in [4.69, 9.17) is 25.0 Å². The number of furan rings is 1. The first-order valence-electron chi connectivity index (χ1n) is 25.7. The Bertz CT molecular complexity index is 3860. The van der Waals surface area contributed by atoms with Crippen molar-refractivity contribution < 1.29 is 38.7 Å². The average Bonchev–Trinajstić information content (AvgIpc) is 3.74. The molecule has 1 heterocycles. The second-order valence-corrected chi connectivity index (χ2v) is 9.76. The topological polar surface area (TPSA) is 13.1 Å². The van der Waals surface area contributed by atoms with E-state index in [0.29, 0.717) is 0 Å². The zero-order valence-corrected chi connectivity index (χ0v) is 22.4. The van der Waals surface area contributed by atoms with Gasteiger partial charge in [-0.2, -0.15) is 0 Å². The lowest BCUT2D eigenvalue weighted by Gasteiger charge is -2.20. The Morgan fingerprint density at radius 1 is 0.386 bits per heavy atom. The lowest BCUT2D eigenvalue weighted by molar-refractivity contribution is 0.669. The molecule has 1 nitrogen and oxygen atoms in total. The van der Waals surface area contributed by atoms with Crippen molar-refractivity contribution in [2.24, 2.45) is 0 Å². The molecule has 0 atom stereocenters. The molecule has 1 heteroatoms. The summed E-state index contributed by atoms with van der Waals surface area (Å²) in [6.07, 6.45) is 0. The summed E-state index contributed by atoms with van der Waals surface area (Å²) in [6.45, 7) is 1.27. The van der Waals surface area contributed by atoms with Crippen LogP contribution in [0.4, 0.5) is 0 Å². The number of para-hydroxylation sites is 1. The Hall–Kier alpha value is -5.66. The first-order valence-corrected chi connectivity index (χ1v) is 13.2. The maximum absolute atomic E-state index is 9.79. The van der Waals surface area contributed by atoms with Crippen molar-refractivity contribution in [3.8, 4) is 33.4 Å². The van der Waals surface area contributed by atoms with E-state index in [0.717, 1.165) is 0 Å². The number of hydrogen-bond donors (Lipinski definition) is 0. The van der Waals surface area contributed by atoms with Crippen molar-refractivity contribution >= 4 is 54.3 Å². The van der Waals surface area contributed by atoms with E-state index in [1.807, 2.05) is 0 Å². The van der Waals surface area contributed by atoms with Crippen LogP contribution in [0.2, 0.25) is 0 Å². The Kier molecular flexibility index (Phi) is 2.31. The van der Waals surface area contributed by atoms with Crippen molar-refractivity contribution in [1.29, 1.82) is 0 Å². The third-order valence-corrected chi connectivity index (χ3v) is 7.39. The maximum Gasteiger partial charge on any atom is 0.136 e. The Balaban J connectivity index is 1.61. The van der Waals surface area contributed by atoms with Gasteiger partial charge in [0.05, 0.1) is 34.3 Å². The average molecular weight is 586 g/mol. The van der Waals surface area contributed by atoms with Gasteiger partial charge >= 0.3 is 0 Å². The molecule has 0 aliphatic heterocycles. The smallest absolute Gasteiger partial charge is 0.136 e. The fourth-order valence-corrected chi connectivity index (χ4v) is 5.48. The van der Waals surface area contributed by atoms with Gasteiger partial charge in [0.1, 0.15) is 11.2 Å². The van der Waals surface area contributed by atoms with Crippen molar-refractivity contribution in [2.75, 3.05) is 0 Å². The van der Waals surface area contributed by atoms with Gasteiger partial charge in [0.15, 0.2) is 0 Å². The number of rotatable bonds is 3. The largest absolute Gasteiger partial charge is 0.456 e. The van der Waals surface area contributed by atoms with Gasteiger partial charge in [0.25, 0.3) is 0 Å². The normalized spacial score (nSPS) is 19.7. The highest BCUT2D eigenvalue weighted by molar-refractivity contribution is 6.24. The molecule has 0 N–H and O–H groups in total. The Morgan fingerprint density at radius 3 is 1.55 bits per heavy atom. The molecule has 0 unspecified atom stereocenters. The van der Waals surface area contributed by atoms with Crippen LogP contribution in [0.3, 0.4) is 0 Å². The summed E-state index contributed by atoms with van der Waals surface area (Å²) >= 11 is 0. The van der Waals surface area contributed by atoms with Gasteiger partial charge in [-0.15, -0.1) is 0 Å². The van der Waals surface area contributed by atoms with E-state index < -0.39 is 233 Å². The van der Waals surface area contributed by atoms with Gasteiger partial charge in [-0.3, -0.25) is 0 Å². The molecule has 0 amide bonds. The molecule has 44 heavy (non-hydrogen) atoms. The molecule has 8 aromatic carbocycles. The van der Waals surface area contributed by atoms with Gasteiger partial charge in [-0.1, -0.05) is 133 Å². The van der Waals surface area contributed by atoms with Crippen LogP contribution in [0, 0.1) is 6.92 Å². The minimum absolute atomic E-state index is 0.194. The zero-order valence-electron chi connectivity index (χ0n) is 47.4. The van der Waals surface area contributed by atoms with Crippen LogP contribution in [-0.2, 0) is 0 Å². The molecule has 0 radical (unpaired) electrons. The van der Waals surface area contributed by atoms with E-state index in [-0.39, 0.29) is 10.9 Å². The monoisotopic (exact) mass is 585 g/mol. The molecule has 0 saturated heterocycles. The third kappa shape index (κ3) is 3.66. The van der Waals surface area contributed by atoms with Crippen LogP contribution < -0.4 is 0 Å². The molecule has 9 rings (SSSR count). The van der Waals surface area contributed by atoms with E-state index in [1.54, 1.807) is 0 Å². The summed E-state index contributed by atoms with van der Waals surface area (Å²) in [5, 5.41) is -4.61. The first-order chi connectivity index (χ1) is 32.2. The predicted octanol–water partition coefficient (Wildman–Crippen LogP) is 12.4. The fourth-order valence-electron chi connectivity index (χ4n) is 5.48. The summed E-state index contributed by atoms with van der Waals surface area (Å²) in [7, 11) is 0. The SMILES string of the molecule is [2H]c1c([2H])c([2H])c(-c2c3c([2H])c([2H])c([2H])c([2H])c3c(-c3c([2H])c([2H])c(-c4c([2H])c([2H])c5c(oc6c([2H])c([2H])c([2H])c([2H])c65)c4[2H])c4c([2H])c([2H])c([2H])c([2H])c34)c3c([2H])c([2H])c([2H])c([2H])c23)c(C)c1[2H]. The summed E-state index contributed by atoms with van der Waals surface area (Å²) in [5.41, 5.74) is -5.02. The second-order valence-electron chi connectivity index (χ2n) is 9.76. The quantitative estimate of drug-likeness (QED) is 0.188. The molecule has 0 bridgehead atoms. The first kappa shape index (κ1) is 10.5. The lowest BCUT2D eigenvalue weighted by atomic mass is 9.83. The van der Waals surface area contributed by atoms with Gasteiger partial charge in [-0.05, 0) is 96.3 Å². The lowest BCUT2D eigenvalue weighted by Crippen LogP contribution is -1.93. The van der Waals surface area contributed by atoms with Crippen LogP contribution >= 0.6 is 0 Å². The molecular weight excluding hydrogens is 532 g/mol.